The van der Waals surface area contributed by atoms with Gasteiger partial charge in [-0.05, 0) is 46.2 Å². The Labute approximate surface area is 95.2 Å². The molecule has 1 aliphatic rings. The van der Waals surface area contributed by atoms with Crippen LogP contribution in [0.2, 0.25) is 0 Å². The Bertz CT molecular complexity index is 202. The zero-order valence-corrected chi connectivity index (χ0v) is 9.98. The van der Waals surface area contributed by atoms with Gasteiger partial charge in [0.25, 0.3) is 0 Å². The highest BCUT2D eigenvalue weighted by Crippen LogP contribution is 2.19. The van der Waals surface area contributed by atoms with Crippen LogP contribution in [0.3, 0.4) is 0 Å². The highest BCUT2D eigenvalue weighted by Gasteiger charge is 2.30. The topological polar surface area (TPSA) is 15.3 Å². The van der Waals surface area contributed by atoms with E-state index in [1.807, 2.05) is 6.92 Å². The molecule has 1 fully saturated rings. The lowest BCUT2D eigenvalue weighted by molar-refractivity contribution is -0.147. The molecule has 5 heteroatoms. The van der Waals surface area contributed by atoms with E-state index in [9.17, 15) is 13.2 Å². The first kappa shape index (κ1) is 13.8. The lowest BCUT2D eigenvalue weighted by atomic mass is 10.1. The van der Waals surface area contributed by atoms with Crippen molar-refractivity contribution < 1.29 is 13.2 Å². The van der Waals surface area contributed by atoms with E-state index in [0.29, 0.717) is 6.04 Å². The van der Waals surface area contributed by atoms with E-state index in [0.717, 1.165) is 19.4 Å². The molecular weight excluding hydrogens is 217 g/mol. The van der Waals surface area contributed by atoms with Crippen LogP contribution in [0.15, 0.2) is 0 Å². The van der Waals surface area contributed by atoms with Gasteiger partial charge >= 0.3 is 6.18 Å². The Hall–Kier alpha value is -0.290. The molecule has 0 aromatic heterocycles. The third kappa shape index (κ3) is 6.33. The predicted molar refractivity (Wildman–Crippen MR) is 58.4 cm³/mol. The zero-order chi connectivity index (χ0) is 12.2. The minimum Gasteiger partial charge on any atom is -0.314 e. The van der Waals surface area contributed by atoms with Gasteiger partial charge in [-0.1, -0.05) is 0 Å². The van der Waals surface area contributed by atoms with E-state index in [4.69, 9.17) is 0 Å². The standard InChI is InChI=1S/C11H21F3N2/c1-9(16(2)8-11(12,13)14)4-3-7-15-10-5-6-10/h9-10,15H,3-8H2,1-2H3. The van der Waals surface area contributed by atoms with Crippen LogP contribution in [0.5, 0.6) is 0 Å². The first-order chi connectivity index (χ1) is 7.38. The Morgan fingerprint density at radius 1 is 1.38 bits per heavy atom. The van der Waals surface area contributed by atoms with Gasteiger partial charge < -0.3 is 5.32 Å². The number of hydrogen-bond acceptors (Lipinski definition) is 2. The average Bonchev–Trinajstić information content (AvgIpc) is 2.92. The van der Waals surface area contributed by atoms with Crippen LogP contribution in [0.1, 0.15) is 32.6 Å². The first-order valence-corrected chi connectivity index (χ1v) is 5.89. The van der Waals surface area contributed by atoms with Crippen molar-refractivity contribution in [1.82, 2.24) is 10.2 Å². The summed E-state index contributed by atoms with van der Waals surface area (Å²) in [7, 11) is 1.53. The highest BCUT2D eigenvalue weighted by molar-refractivity contribution is 4.80. The van der Waals surface area contributed by atoms with Crippen molar-refractivity contribution in [3.05, 3.63) is 0 Å². The lowest BCUT2D eigenvalue weighted by Crippen LogP contribution is -2.37. The van der Waals surface area contributed by atoms with E-state index >= 15 is 0 Å². The van der Waals surface area contributed by atoms with Crippen LogP contribution in [0.25, 0.3) is 0 Å². The molecule has 0 saturated heterocycles. The minimum absolute atomic E-state index is 0.0115. The second-order valence-electron chi connectivity index (χ2n) is 4.75. The molecule has 0 aliphatic heterocycles. The van der Waals surface area contributed by atoms with Crippen LogP contribution in [-0.4, -0.2) is 43.3 Å². The molecule has 1 aliphatic carbocycles. The fourth-order valence-corrected chi connectivity index (χ4v) is 1.65. The quantitative estimate of drug-likeness (QED) is 0.685. The van der Waals surface area contributed by atoms with E-state index in [1.165, 1.54) is 24.8 Å². The van der Waals surface area contributed by atoms with Gasteiger partial charge in [0.2, 0.25) is 0 Å². The molecule has 0 aromatic rings. The van der Waals surface area contributed by atoms with Crippen molar-refractivity contribution in [2.24, 2.45) is 0 Å². The largest absolute Gasteiger partial charge is 0.401 e. The molecular formula is C11H21F3N2. The molecule has 2 nitrogen and oxygen atoms in total. The molecule has 1 rings (SSSR count). The lowest BCUT2D eigenvalue weighted by Gasteiger charge is -2.25. The summed E-state index contributed by atoms with van der Waals surface area (Å²) in [5, 5.41) is 3.36. The summed E-state index contributed by atoms with van der Waals surface area (Å²) >= 11 is 0. The number of hydrogen-bond donors (Lipinski definition) is 1. The van der Waals surface area contributed by atoms with Crippen LogP contribution in [-0.2, 0) is 0 Å². The maximum Gasteiger partial charge on any atom is 0.401 e. The third-order valence-corrected chi connectivity index (χ3v) is 2.99. The molecule has 16 heavy (non-hydrogen) atoms. The molecule has 1 N–H and O–H groups in total. The molecule has 0 heterocycles. The van der Waals surface area contributed by atoms with Gasteiger partial charge in [0, 0.05) is 12.1 Å². The van der Waals surface area contributed by atoms with Gasteiger partial charge in [-0.2, -0.15) is 13.2 Å². The van der Waals surface area contributed by atoms with Crippen molar-refractivity contribution in [2.45, 2.75) is 50.9 Å². The monoisotopic (exact) mass is 238 g/mol. The summed E-state index contributed by atoms with van der Waals surface area (Å²) in [6.45, 7) is 1.96. The molecule has 0 spiro atoms. The molecule has 0 radical (unpaired) electrons. The molecule has 0 bridgehead atoms. The summed E-state index contributed by atoms with van der Waals surface area (Å²) in [5.74, 6) is 0. The van der Waals surface area contributed by atoms with Crippen LogP contribution >= 0.6 is 0 Å². The van der Waals surface area contributed by atoms with E-state index in [1.54, 1.807) is 0 Å². The second-order valence-corrected chi connectivity index (χ2v) is 4.75. The van der Waals surface area contributed by atoms with Crippen molar-refractivity contribution in [3.63, 3.8) is 0 Å². The van der Waals surface area contributed by atoms with Gasteiger partial charge in [0.15, 0.2) is 0 Å². The van der Waals surface area contributed by atoms with Crippen molar-refractivity contribution in [3.8, 4) is 0 Å². The SMILES string of the molecule is CC(CCCNC1CC1)N(C)CC(F)(F)F. The number of rotatable bonds is 7. The summed E-state index contributed by atoms with van der Waals surface area (Å²) in [6, 6.07) is 0.672. The van der Waals surface area contributed by atoms with Crippen molar-refractivity contribution in [1.29, 1.82) is 0 Å². The Morgan fingerprint density at radius 3 is 2.50 bits per heavy atom. The molecule has 0 aromatic carbocycles. The van der Waals surface area contributed by atoms with Gasteiger partial charge in [-0.25, -0.2) is 0 Å². The van der Waals surface area contributed by atoms with E-state index in [-0.39, 0.29) is 6.04 Å². The summed E-state index contributed by atoms with van der Waals surface area (Å²) in [6.07, 6.45) is 0.175. The highest BCUT2D eigenvalue weighted by atomic mass is 19.4. The summed E-state index contributed by atoms with van der Waals surface area (Å²) < 4.78 is 36.3. The molecule has 1 unspecified atom stereocenters. The van der Waals surface area contributed by atoms with Crippen LogP contribution < -0.4 is 5.32 Å². The third-order valence-electron chi connectivity index (χ3n) is 2.99. The fraction of sp³-hybridized carbons (Fsp3) is 1.00. The Kier molecular flexibility index (Phi) is 5.05. The molecule has 0 amide bonds. The van der Waals surface area contributed by atoms with Crippen molar-refractivity contribution >= 4 is 0 Å². The van der Waals surface area contributed by atoms with Gasteiger partial charge in [-0.3, -0.25) is 4.90 Å². The van der Waals surface area contributed by atoms with Gasteiger partial charge in [0.05, 0.1) is 6.54 Å². The summed E-state index contributed by atoms with van der Waals surface area (Å²) in [4.78, 5) is 1.37. The minimum atomic E-state index is -4.09. The molecule has 96 valence electrons. The smallest absolute Gasteiger partial charge is 0.314 e. The number of alkyl halides is 3. The maximum atomic E-state index is 12.1. The maximum absolute atomic E-state index is 12.1. The first-order valence-electron chi connectivity index (χ1n) is 5.89. The molecule has 1 saturated carbocycles. The zero-order valence-electron chi connectivity index (χ0n) is 9.98. The average molecular weight is 238 g/mol. The Morgan fingerprint density at radius 2 is 2.00 bits per heavy atom. The van der Waals surface area contributed by atoms with E-state index in [2.05, 4.69) is 5.32 Å². The Balaban J connectivity index is 2.05. The fourth-order valence-electron chi connectivity index (χ4n) is 1.65. The van der Waals surface area contributed by atoms with Crippen LogP contribution in [0, 0.1) is 0 Å². The second kappa shape index (κ2) is 5.87. The molecule has 1 atom stereocenters. The van der Waals surface area contributed by atoms with Gasteiger partial charge in [0.1, 0.15) is 0 Å². The van der Waals surface area contributed by atoms with Crippen LogP contribution in [0.4, 0.5) is 13.2 Å². The predicted octanol–water partition coefficient (Wildman–Crippen LogP) is 2.40. The van der Waals surface area contributed by atoms with E-state index < -0.39 is 12.7 Å². The number of nitrogens with zero attached hydrogens (tertiary/aromatic N) is 1. The number of nitrogens with one attached hydrogen (secondary N) is 1. The summed E-state index contributed by atoms with van der Waals surface area (Å²) in [5.41, 5.74) is 0. The number of halogens is 3. The normalized spacial score (nSPS) is 19.1. The van der Waals surface area contributed by atoms with Gasteiger partial charge in [-0.15, -0.1) is 0 Å². The van der Waals surface area contributed by atoms with Crippen molar-refractivity contribution in [2.75, 3.05) is 20.1 Å².